The highest BCUT2D eigenvalue weighted by molar-refractivity contribution is 8.18. The summed E-state index contributed by atoms with van der Waals surface area (Å²) in [5, 5.41) is 11.7. The van der Waals surface area contributed by atoms with Crippen molar-refractivity contribution in [3.63, 3.8) is 0 Å². The van der Waals surface area contributed by atoms with Gasteiger partial charge in [0.25, 0.3) is 11.1 Å². The Morgan fingerprint density at radius 1 is 1.44 bits per heavy atom. The number of thioether (sulfide) groups is 1. The number of hydrogen-bond donors (Lipinski definition) is 2. The molecule has 1 fully saturated rings. The third-order valence-electron chi connectivity index (χ3n) is 2.26. The van der Waals surface area contributed by atoms with Gasteiger partial charge in [0.15, 0.2) is 11.5 Å². The van der Waals surface area contributed by atoms with Crippen LogP contribution in [0, 0.1) is 0 Å². The Morgan fingerprint density at radius 2 is 2.22 bits per heavy atom. The van der Waals surface area contributed by atoms with E-state index in [-0.39, 0.29) is 10.7 Å². The van der Waals surface area contributed by atoms with Crippen LogP contribution in [0.1, 0.15) is 12.5 Å². The molecule has 0 bridgehead atoms. The Hall–Kier alpha value is -1.95. The first-order chi connectivity index (χ1) is 8.61. The van der Waals surface area contributed by atoms with Crippen molar-refractivity contribution in [3.05, 3.63) is 28.7 Å². The fourth-order valence-electron chi connectivity index (χ4n) is 1.49. The molecule has 6 heteroatoms. The van der Waals surface area contributed by atoms with E-state index >= 15 is 0 Å². The lowest BCUT2D eigenvalue weighted by molar-refractivity contribution is -0.115. The summed E-state index contributed by atoms with van der Waals surface area (Å²) in [6.07, 6.45) is 1.46. The van der Waals surface area contributed by atoms with Gasteiger partial charge in [-0.1, -0.05) is 12.1 Å². The van der Waals surface area contributed by atoms with Crippen LogP contribution in [0.25, 0.3) is 6.08 Å². The largest absolute Gasteiger partial charge is 0.504 e. The second kappa shape index (κ2) is 5.14. The molecule has 0 aromatic heterocycles. The molecule has 1 aromatic rings. The second-order valence-corrected chi connectivity index (χ2v) is 4.49. The van der Waals surface area contributed by atoms with Crippen molar-refractivity contribution in [1.29, 1.82) is 0 Å². The monoisotopic (exact) mass is 265 g/mol. The van der Waals surface area contributed by atoms with Gasteiger partial charge >= 0.3 is 0 Å². The molecule has 0 radical (unpaired) electrons. The number of carbonyl (C=O) groups is 2. The Bertz CT molecular complexity index is 539. The van der Waals surface area contributed by atoms with Crippen molar-refractivity contribution in [2.75, 3.05) is 6.61 Å². The Morgan fingerprint density at radius 3 is 2.83 bits per heavy atom. The first-order valence-electron chi connectivity index (χ1n) is 5.31. The van der Waals surface area contributed by atoms with Gasteiger partial charge in [-0.05, 0) is 30.8 Å². The maximum absolute atomic E-state index is 11.4. The number of hydrogen-bond acceptors (Lipinski definition) is 5. The van der Waals surface area contributed by atoms with Gasteiger partial charge in [-0.2, -0.15) is 0 Å². The summed E-state index contributed by atoms with van der Waals surface area (Å²) in [4.78, 5) is 22.6. The van der Waals surface area contributed by atoms with Gasteiger partial charge in [0.1, 0.15) is 0 Å². The van der Waals surface area contributed by atoms with E-state index in [9.17, 15) is 14.7 Å². The zero-order valence-corrected chi connectivity index (χ0v) is 10.4. The molecule has 94 valence electrons. The highest BCUT2D eigenvalue weighted by atomic mass is 32.2. The number of aromatic hydroxyl groups is 1. The van der Waals surface area contributed by atoms with Gasteiger partial charge < -0.3 is 9.84 Å². The minimum Gasteiger partial charge on any atom is -0.504 e. The highest BCUT2D eigenvalue weighted by Crippen LogP contribution is 2.34. The van der Waals surface area contributed by atoms with E-state index in [4.69, 9.17) is 4.74 Å². The topological polar surface area (TPSA) is 75.6 Å². The average Bonchev–Trinajstić information content (AvgIpc) is 2.63. The van der Waals surface area contributed by atoms with E-state index < -0.39 is 11.1 Å². The number of phenolic OH excluding ortho intramolecular Hbond substituents is 1. The fraction of sp³-hybridized carbons (Fsp3) is 0.167. The van der Waals surface area contributed by atoms with Crippen LogP contribution in [0.4, 0.5) is 4.79 Å². The molecule has 1 aliphatic heterocycles. The summed E-state index contributed by atoms with van der Waals surface area (Å²) >= 11 is 0.806. The molecular formula is C12H11NO4S. The molecule has 0 aliphatic carbocycles. The summed E-state index contributed by atoms with van der Waals surface area (Å²) in [7, 11) is 0. The summed E-state index contributed by atoms with van der Waals surface area (Å²) in [5.41, 5.74) is 0.438. The quantitative estimate of drug-likeness (QED) is 0.819. The van der Waals surface area contributed by atoms with Gasteiger partial charge in [-0.3, -0.25) is 14.9 Å². The van der Waals surface area contributed by atoms with Gasteiger partial charge in [0.2, 0.25) is 0 Å². The Labute approximate surface area is 108 Å². The van der Waals surface area contributed by atoms with Crippen LogP contribution in [0.2, 0.25) is 0 Å². The molecule has 1 saturated heterocycles. The fourth-order valence-corrected chi connectivity index (χ4v) is 2.16. The lowest BCUT2D eigenvalue weighted by Gasteiger charge is -2.07. The Balaban J connectivity index is 2.35. The molecule has 0 saturated carbocycles. The van der Waals surface area contributed by atoms with E-state index in [1.165, 1.54) is 6.08 Å². The number of imide groups is 1. The first kappa shape index (κ1) is 12.5. The second-order valence-electron chi connectivity index (χ2n) is 3.48. The van der Waals surface area contributed by atoms with Gasteiger partial charge in [0, 0.05) is 5.56 Å². The minimum absolute atomic E-state index is 0.0420. The first-order valence-corrected chi connectivity index (χ1v) is 6.13. The van der Waals surface area contributed by atoms with Crippen molar-refractivity contribution in [3.8, 4) is 11.5 Å². The third-order valence-corrected chi connectivity index (χ3v) is 3.07. The summed E-state index contributed by atoms with van der Waals surface area (Å²) in [5.74, 6) is -0.146. The van der Waals surface area contributed by atoms with E-state index in [1.54, 1.807) is 18.2 Å². The molecule has 18 heavy (non-hydrogen) atoms. The lowest BCUT2D eigenvalue weighted by Crippen LogP contribution is -2.17. The summed E-state index contributed by atoms with van der Waals surface area (Å²) in [6.45, 7) is 2.24. The molecule has 0 atom stereocenters. The molecule has 0 unspecified atom stereocenters. The predicted molar refractivity (Wildman–Crippen MR) is 68.4 cm³/mol. The number of para-hydroxylation sites is 1. The van der Waals surface area contributed by atoms with Crippen molar-refractivity contribution in [2.24, 2.45) is 0 Å². The van der Waals surface area contributed by atoms with Crippen molar-refractivity contribution < 1.29 is 19.4 Å². The van der Waals surface area contributed by atoms with Gasteiger partial charge in [0.05, 0.1) is 11.5 Å². The SMILES string of the molecule is CCOc1cccc(/C=C2/SC(=O)NC2=O)c1O. The Kier molecular flexibility index (Phi) is 3.57. The molecular weight excluding hydrogens is 254 g/mol. The molecule has 5 nitrogen and oxygen atoms in total. The average molecular weight is 265 g/mol. The molecule has 2 amide bonds. The highest BCUT2D eigenvalue weighted by Gasteiger charge is 2.25. The van der Waals surface area contributed by atoms with Crippen LogP contribution < -0.4 is 10.1 Å². The number of phenols is 1. The zero-order chi connectivity index (χ0) is 13.1. The summed E-state index contributed by atoms with van der Waals surface area (Å²) < 4.78 is 5.24. The number of rotatable bonds is 3. The van der Waals surface area contributed by atoms with Gasteiger partial charge in [-0.25, -0.2) is 0 Å². The normalized spacial score (nSPS) is 17.1. The number of carbonyl (C=O) groups excluding carboxylic acids is 2. The zero-order valence-electron chi connectivity index (χ0n) is 9.60. The van der Waals surface area contributed by atoms with Crippen LogP contribution >= 0.6 is 11.8 Å². The molecule has 1 aliphatic rings. The van der Waals surface area contributed by atoms with Crippen LogP contribution in [0.5, 0.6) is 11.5 Å². The smallest absolute Gasteiger partial charge is 0.290 e. The molecule has 1 aromatic carbocycles. The molecule has 1 heterocycles. The van der Waals surface area contributed by atoms with E-state index in [2.05, 4.69) is 5.32 Å². The maximum Gasteiger partial charge on any atom is 0.290 e. The van der Waals surface area contributed by atoms with Crippen molar-refractivity contribution in [2.45, 2.75) is 6.92 Å². The van der Waals surface area contributed by atoms with E-state index in [0.717, 1.165) is 11.8 Å². The maximum atomic E-state index is 11.4. The number of benzene rings is 1. The van der Waals surface area contributed by atoms with Crippen LogP contribution in [0.15, 0.2) is 23.1 Å². The van der Waals surface area contributed by atoms with E-state index in [0.29, 0.717) is 17.9 Å². The molecule has 2 N–H and O–H groups in total. The van der Waals surface area contributed by atoms with Crippen LogP contribution in [0.3, 0.4) is 0 Å². The molecule has 2 rings (SSSR count). The molecule has 0 spiro atoms. The third kappa shape index (κ3) is 2.48. The predicted octanol–water partition coefficient (Wildman–Crippen LogP) is 2.11. The van der Waals surface area contributed by atoms with Crippen molar-refractivity contribution >= 4 is 29.0 Å². The van der Waals surface area contributed by atoms with Gasteiger partial charge in [-0.15, -0.1) is 0 Å². The summed E-state index contributed by atoms with van der Waals surface area (Å²) in [6, 6.07) is 4.98. The van der Waals surface area contributed by atoms with Crippen LogP contribution in [-0.4, -0.2) is 22.9 Å². The minimum atomic E-state index is -0.453. The number of nitrogens with one attached hydrogen (secondary N) is 1. The number of amides is 2. The standard InChI is InChI=1S/C12H11NO4S/c1-2-17-8-5-3-4-7(10(8)14)6-9-11(15)13-12(16)18-9/h3-6,14H,2H2,1H3,(H,13,15,16)/b9-6+. The van der Waals surface area contributed by atoms with Crippen molar-refractivity contribution in [1.82, 2.24) is 5.32 Å². The lowest BCUT2D eigenvalue weighted by atomic mass is 10.1. The number of ether oxygens (including phenoxy) is 1. The van der Waals surface area contributed by atoms with E-state index in [1.807, 2.05) is 6.92 Å². The van der Waals surface area contributed by atoms with Crippen LogP contribution in [-0.2, 0) is 4.79 Å².